The number of aliphatic carboxylic acids is 1. The van der Waals surface area contributed by atoms with Gasteiger partial charge in [-0.15, -0.1) is 0 Å². The number of carboxylic acid groups (broad SMARTS) is 1. The number of hydrogen-bond acceptors (Lipinski definition) is 4. The maximum Gasteiger partial charge on any atom is 0.490 e. The Hall–Kier alpha value is -2.62. The second-order valence-corrected chi connectivity index (χ2v) is 4.28. The van der Waals surface area contributed by atoms with Crippen molar-refractivity contribution in [3.8, 4) is 0 Å². The van der Waals surface area contributed by atoms with Crippen LogP contribution < -0.4 is 16.8 Å². The van der Waals surface area contributed by atoms with Gasteiger partial charge in [-0.25, -0.2) is 4.79 Å². The first-order valence-electron chi connectivity index (χ1n) is 6.19. The van der Waals surface area contributed by atoms with E-state index < -0.39 is 24.1 Å². The van der Waals surface area contributed by atoms with Crippen LogP contribution in [0.25, 0.3) is 0 Å². The minimum Gasteiger partial charge on any atom is -0.475 e. The Morgan fingerprint density at radius 3 is 2.04 bits per heavy atom. The molecule has 2 amide bonds. The van der Waals surface area contributed by atoms with Crippen molar-refractivity contribution in [2.75, 3.05) is 6.54 Å². The van der Waals surface area contributed by atoms with Crippen LogP contribution in [0.2, 0.25) is 0 Å². The number of carbonyl (C=O) groups excluding carboxylic acids is 2. The number of hydrogen-bond donors (Lipinski definition) is 4. The van der Waals surface area contributed by atoms with Crippen molar-refractivity contribution in [2.24, 2.45) is 11.5 Å². The maximum absolute atomic E-state index is 11.4. The first kappa shape index (κ1) is 20.4. The molecule has 0 unspecified atom stereocenters. The molecular weight excluding hydrogens is 319 g/mol. The molecule has 0 radical (unpaired) electrons. The van der Waals surface area contributed by atoms with Crippen LogP contribution in [0, 0.1) is 0 Å². The molecule has 0 spiro atoms. The highest BCUT2D eigenvalue weighted by molar-refractivity contribution is 5.86. The standard InChI is InChI=1S/C11H15N3O2.C2HF3O2/c12-9(11(16)14-7-10(13)15)6-8-4-2-1-3-5-8;3-2(4,5)1(6)7/h1-5,9H,6-7,12H2,(H2,13,15)(H,14,16);(H,6,7)/t9-;/m0./s1. The molecule has 23 heavy (non-hydrogen) atoms. The number of benzene rings is 1. The third-order valence-corrected chi connectivity index (χ3v) is 2.31. The zero-order chi connectivity index (χ0) is 18.0. The van der Waals surface area contributed by atoms with Gasteiger partial charge in [-0.2, -0.15) is 13.2 Å². The Kier molecular flexibility index (Phi) is 8.34. The molecule has 0 aliphatic heterocycles. The monoisotopic (exact) mass is 335 g/mol. The number of nitrogens with two attached hydrogens (primary N) is 2. The molecule has 6 N–H and O–H groups in total. The van der Waals surface area contributed by atoms with Crippen LogP contribution in [0.1, 0.15) is 5.56 Å². The average Bonchev–Trinajstić information content (AvgIpc) is 2.45. The third kappa shape index (κ3) is 9.85. The number of carboxylic acids is 1. The Labute approximate surface area is 129 Å². The lowest BCUT2D eigenvalue weighted by Crippen LogP contribution is -2.44. The van der Waals surface area contributed by atoms with E-state index in [4.69, 9.17) is 21.4 Å². The lowest BCUT2D eigenvalue weighted by atomic mass is 10.1. The van der Waals surface area contributed by atoms with Crippen LogP contribution >= 0.6 is 0 Å². The van der Waals surface area contributed by atoms with Gasteiger partial charge in [-0.3, -0.25) is 9.59 Å². The van der Waals surface area contributed by atoms with Crippen molar-refractivity contribution in [3.05, 3.63) is 35.9 Å². The lowest BCUT2D eigenvalue weighted by molar-refractivity contribution is -0.192. The van der Waals surface area contributed by atoms with Gasteiger partial charge in [-0.05, 0) is 12.0 Å². The van der Waals surface area contributed by atoms with Crippen LogP contribution in [0.4, 0.5) is 13.2 Å². The Morgan fingerprint density at radius 2 is 1.65 bits per heavy atom. The Morgan fingerprint density at radius 1 is 1.17 bits per heavy atom. The number of halogens is 3. The number of primary amides is 1. The highest BCUT2D eigenvalue weighted by Gasteiger charge is 2.38. The minimum atomic E-state index is -5.08. The van der Waals surface area contributed by atoms with Gasteiger partial charge in [0.05, 0.1) is 12.6 Å². The van der Waals surface area contributed by atoms with Gasteiger partial charge in [0.25, 0.3) is 0 Å². The van der Waals surface area contributed by atoms with E-state index in [2.05, 4.69) is 5.32 Å². The molecule has 0 saturated heterocycles. The summed E-state index contributed by atoms with van der Waals surface area (Å²) in [5.74, 6) is -3.71. The van der Waals surface area contributed by atoms with E-state index in [1.807, 2.05) is 30.3 Å². The maximum atomic E-state index is 11.4. The van der Waals surface area contributed by atoms with E-state index >= 15 is 0 Å². The van der Waals surface area contributed by atoms with Crippen LogP contribution in [-0.2, 0) is 20.8 Å². The van der Waals surface area contributed by atoms with Crippen LogP contribution in [-0.4, -0.2) is 41.7 Å². The van der Waals surface area contributed by atoms with E-state index in [1.165, 1.54) is 0 Å². The first-order valence-corrected chi connectivity index (χ1v) is 6.19. The van der Waals surface area contributed by atoms with Crippen LogP contribution in [0.15, 0.2) is 30.3 Å². The molecule has 1 aromatic rings. The topological polar surface area (TPSA) is 136 Å². The Bertz CT molecular complexity index is 535. The summed E-state index contributed by atoms with van der Waals surface area (Å²) in [6, 6.07) is 8.76. The second kappa shape index (κ2) is 9.41. The van der Waals surface area contributed by atoms with Gasteiger partial charge >= 0.3 is 12.1 Å². The van der Waals surface area contributed by atoms with Crippen LogP contribution in [0.3, 0.4) is 0 Å². The van der Waals surface area contributed by atoms with E-state index in [-0.39, 0.29) is 12.5 Å². The van der Waals surface area contributed by atoms with E-state index in [0.717, 1.165) is 5.56 Å². The zero-order valence-electron chi connectivity index (χ0n) is 11.8. The molecule has 1 rings (SSSR count). The van der Waals surface area contributed by atoms with Crippen molar-refractivity contribution >= 4 is 17.8 Å². The van der Waals surface area contributed by atoms with Crippen molar-refractivity contribution in [2.45, 2.75) is 18.6 Å². The van der Waals surface area contributed by atoms with Gasteiger partial charge in [0.2, 0.25) is 11.8 Å². The molecule has 0 fully saturated rings. The number of nitrogens with one attached hydrogen (secondary N) is 1. The van der Waals surface area contributed by atoms with Gasteiger partial charge in [0.1, 0.15) is 0 Å². The SMILES string of the molecule is NC(=O)CNC(=O)[C@@H](N)Cc1ccccc1.O=C(O)C(F)(F)F. The normalized spacial score (nSPS) is 11.7. The fourth-order valence-electron chi connectivity index (χ4n) is 1.27. The molecule has 1 aromatic carbocycles. The third-order valence-electron chi connectivity index (χ3n) is 2.31. The van der Waals surface area contributed by atoms with Gasteiger partial charge in [0, 0.05) is 0 Å². The summed E-state index contributed by atoms with van der Waals surface area (Å²) in [5.41, 5.74) is 11.5. The zero-order valence-corrected chi connectivity index (χ0v) is 11.8. The number of carbonyl (C=O) groups is 3. The molecule has 0 saturated carbocycles. The summed E-state index contributed by atoms with van der Waals surface area (Å²) in [4.78, 5) is 30.8. The van der Waals surface area contributed by atoms with E-state index in [1.54, 1.807) is 0 Å². The molecule has 0 heterocycles. The smallest absolute Gasteiger partial charge is 0.475 e. The second-order valence-electron chi connectivity index (χ2n) is 4.28. The largest absolute Gasteiger partial charge is 0.490 e. The molecule has 1 atom stereocenters. The number of alkyl halides is 3. The molecule has 0 bridgehead atoms. The highest BCUT2D eigenvalue weighted by atomic mass is 19.4. The summed E-state index contributed by atoms with van der Waals surface area (Å²) in [7, 11) is 0. The number of amides is 2. The predicted octanol–water partition coefficient (Wildman–Crippen LogP) is -0.209. The fourth-order valence-corrected chi connectivity index (χ4v) is 1.27. The molecule has 0 aliphatic rings. The molecule has 0 aromatic heterocycles. The Balaban J connectivity index is 0.000000585. The quantitative estimate of drug-likeness (QED) is 0.590. The number of rotatable bonds is 5. The molecule has 0 aliphatic carbocycles. The highest BCUT2D eigenvalue weighted by Crippen LogP contribution is 2.13. The van der Waals surface area contributed by atoms with Crippen LogP contribution in [0.5, 0.6) is 0 Å². The van der Waals surface area contributed by atoms with E-state index in [9.17, 15) is 22.8 Å². The molecule has 128 valence electrons. The summed E-state index contributed by atoms with van der Waals surface area (Å²) < 4.78 is 31.7. The summed E-state index contributed by atoms with van der Waals surface area (Å²) in [6.45, 7) is -0.179. The average molecular weight is 335 g/mol. The van der Waals surface area contributed by atoms with Crippen molar-refractivity contribution in [1.82, 2.24) is 5.32 Å². The molecule has 10 heteroatoms. The van der Waals surface area contributed by atoms with E-state index in [0.29, 0.717) is 6.42 Å². The van der Waals surface area contributed by atoms with Gasteiger partial charge in [0.15, 0.2) is 0 Å². The molecule has 7 nitrogen and oxygen atoms in total. The summed E-state index contributed by atoms with van der Waals surface area (Å²) in [6.07, 6.45) is -4.65. The molecular formula is C13H16F3N3O4. The minimum absolute atomic E-state index is 0.179. The fraction of sp³-hybridized carbons (Fsp3) is 0.308. The predicted molar refractivity (Wildman–Crippen MR) is 74.0 cm³/mol. The lowest BCUT2D eigenvalue weighted by Gasteiger charge is -2.11. The summed E-state index contributed by atoms with van der Waals surface area (Å²) in [5, 5.41) is 9.49. The van der Waals surface area contributed by atoms with Crippen molar-refractivity contribution in [1.29, 1.82) is 0 Å². The van der Waals surface area contributed by atoms with Crippen molar-refractivity contribution in [3.63, 3.8) is 0 Å². The van der Waals surface area contributed by atoms with Crippen molar-refractivity contribution < 1.29 is 32.7 Å². The van der Waals surface area contributed by atoms with Gasteiger partial charge < -0.3 is 21.9 Å². The summed E-state index contributed by atoms with van der Waals surface area (Å²) >= 11 is 0. The van der Waals surface area contributed by atoms with Gasteiger partial charge in [-0.1, -0.05) is 30.3 Å². The first-order chi connectivity index (χ1) is 10.5.